The van der Waals surface area contributed by atoms with Gasteiger partial charge in [0.1, 0.15) is 0 Å². The molecule has 174 valence electrons. The molecule has 2 saturated heterocycles. The molecule has 0 aliphatic carbocycles. The van der Waals surface area contributed by atoms with Crippen LogP contribution >= 0.6 is 0 Å². The Balaban J connectivity index is 1.54. The molecule has 2 aliphatic rings. The van der Waals surface area contributed by atoms with Crippen molar-refractivity contribution in [3.63, 3.8) is 0 Å². The van der Waals surface area contributed by atoms with Gasteiger partial charge in [-0.2, -0.15) is 0 Å². The molecule has 0 aromatic heterocycles. The maximum Gasteiger partial charge on any atom is 0.262 e. The third-order valence-corrected chi connectivity index (χ3v) is 9.48. The first-order chi connectivity index (χ1) is 15.2. The van der Waals surface area contributed by atoms with Gasteiger partial charge in [-0.15, -0.1) is 0 Å². The van der Waals surface area contributed by atoms with Crippen LogP contribution in [-0.4, -0.2) is 67.3 Å². The molecular formula is C22H30N4O4S2. The summed E-state index contributed by atoms with van der Waals surface area (Å²) >= 11 is 0. The van der Waals surface area contributed by atoms with Crippen LogP contribution in [0.3, 0.4) is 0 Å². The Morgan fingerprint density at radius 2 is 1.53 bits per heavy atom. The molecule has 0 atom stereocenters. The van der Waals surface area contributed by atoms with E-state index in [1.807, 2.05) is 12.1 Å². The lowest BCUT2D eigenvalue weighted by molar-refractivity contribution is 0.313. The van der Waals surface area contributed by atoms with Gasteiger partial charge < -0.3 is 9.80 Å². The van der Waals surface area contributed by atoms with E-state index in [0.717, 1.165) is 38.3 Å². The highest BCUT2D eigenvalue weighted by molar-refractivity contribution is 7.93. The summed E-state index contributed by atoms with van der Waals surface area (Å²) in [6.45, 7) is 5.94. The minimum absolute atomic E-state index is 0.0823. The maximum absolute atomic E-state index is 13.1. The van der Waals surface area contributed by atoms with Crippen molar-refractivity contribution in [3.05, 3.63) is 48.0 Å². The third kappa shape index (κ3) is 4.87. The van der Waals surface area contributed by atoms with Crippen molar-refractivity contribution in [3.8, 4) is 0 Å². The van der Waals surface area contributed by atoms with E-state index in [-0.39, 0.29) is 10.6 Å². The van der Waals surface area contributed by atoms with E-state index in [2.05, 4.69) is 21.6 Å². The average molecular weight is 479 g/mol. The molecule has 10 heteroatoms. The topological polar surface area (TPSA) is 90.0 Å². The molecule has 2 aromatic rings. The van der Waals surface area contributed by atoms with Crippen LogP contribution in [0.2, 0.25) is 0 Å². The predicted octanol–water partition coefficient (Wildman–Crippen LogP) is 2.48. The van der Waals surface area contributed by atoms with Crippen LogP contribution in [0.5, 0.6) is 0 Å². The number of benzene rings is 2. The zero-order valence-corrected chi connectivity index (χ0v) is 20.1. The second-order valence-corrected chi connectivity index (χ2v) is 12.2. The summed E-state index contributed by atoms with van der Waals surface area (Å²) in [6, 6.07) is 12.2. The van der Waals surface area contributed by atoms with Gasteiger partial charge in [-0.1, -0.05) is 6.07 Å². The number of piperazine rings is 1. The lowest BCUT2D eigenvalue weighted by Crippen LogP contribution is -2.44. The molecule has 0 spiro atoms. The largest absolute Gasteiger partial charge is 0.369 e. The number of sulfonamides is 2. The van der Waals surface area contributed by atoms with Gasteiger partial charge in [0.05, 0.1) is 16.3 Å². The first-order valence-electron chi connectivity index (χ1n) is 10.8. The number of nitrogens with one attached hydrogen (secondary N) is 1. The number of anilines is 3. The molecule has 0 unspecified atom stereocenters. The number of rotatable bonds is 5. The average Bonchev–Trinajstić information content (AvgIpc) is 2.75. The third-order valence-electron chi connectivity index (χ3n) is 6.09. The fraction of sp³-hybridized carbons (Fsp3) is 0.455. The fourth-order valence-electron chi connectivity index (χ4n) is 4.13. The van der Waals surface area contributed by atoms with Crippen LogP contribution in [-0.2, 0) is 20.0 Å². The highest BCUT2D eigenvalue weighted by Gasteiger charge is 2.28. The van der Waals surface area contributed by atoms with Gasteiger partial charge in [-0.3, -0.25) is 9.03 Å². The second-order valence-electron chi connectivity index (χ2n) is 8.49. The highest BCUT2D eigenvalue weighted by Crippen LogP contribution is 2.29. The Kier molecular flexibility index (Phi) is 6.37. The summed E-state index contributed by atoms with van der Waals surface area (Å²) in [5.41, 5.74) is 2.48. The lowest BCUT2D eigenvalue weighted by atomic mass is 10.2. The number of nitrogens with zero attached hydrogens (tertiary/aromatic N) is 3. The summed E-state index contributed by atoms with van der Waals surface area (Å²) in [5, 5.41) is 0. The van der Waals surface area contributed by atoms with E-state index in [1.165, 1.54) is 10.4 Å². The number of aryl methyl sites for hydroxylation is 1. The van der Waals surface area contributed by atoms with E-state index < -0.39 is 20.0 Å². The molecular weight excluding hydrogens is 448 g/mol. The van der Waals surface area contributed by atoms with Crippen LogP contribution in [0, 0.1) is 6.92 Å². The summed E-state index contributed by atoms with van der Waals surface area (Å²) in [4.78, 5) is 4.65. The number of hydrogen-bond acceptors (Lipinski definition) is 6. The molecule has 0 saturated carbocycles. The smallest absolute Gasteiger partial charge is 0.262 e. The van der Waals surface area contributed by atoms with Crippen molar-refractivity contribution in [1.29, 1.82) is 0 Å². The molecule has 2 aliphatic heterocycles. The SMILES string of the molecule is Cc1ccc(N2CCCCS2(=O)=O)cc1S(=O)(=O)Nc1ccc(N2CCN(C)CC2)cc1. The maximum atomic E-state index is 13.1. The molecule has 0 amide bonds. The Labute approximate surface area is 190 Å². The molecule has 2 fully saturated rings. The fourth-order valence-corrected chi connectivity index (χ4v) is 7.08. The highest BCUT2D eigenvalue weighted by atomic mass is 32.2. The number of likely N-dealkylation sites (N-methyl/N-ethyl adjacent to an activating group) is 1. The van der Waals surface area contributed by atoms with Gasteiger partial charge in [0.2, 0.25) is 10.0 Å². The minimum atomic E-state index is -3.88. The summed E-state index contributed by atoms with van der Waals surface area (Å²) in [5.74, 6) is 0.0842. The van der Waals surface area contributed by atoms with Crippen molar-refractivity contribution in [2.45, 2.75) is 24.7 Å². The van der Waals surface area contributed by atoms with E-state index in [0.29, 0.717) is 29.9 Å². The monoisotopic (exact) mass is 478 g/mol. The second kappa shape index (κ2) is 8.92. The van der Waals surface area contributed by atoms with E-state index >= 15 is 0 Å². The molecule has 2 heterocycles. The first-order valence-corrected chi connectivity index (χ1v) is 13.9. The molecule has 0 radical (unpaired) electrons. The van der Waals surface area contributed by atoms with Crippen LogP contribution in [0.4, 0.5) is 17.1 Å². The van der Waals surface area contributed by atoms with Crippen molar-refractivity contribution < 1.29 is 16.8 Å². The van der Waals surface area contributed by atoms with Gasteiger partial charge in [-0.25, -0.2) is 16.8 Å². The molecule has 1 N–H and O–H groups in total. The van der Waals surface area contributed by atoms with Crippen molar-refractivity contribution >= 4 is 37.1 Å². The lowest BCUT2D eigenvalue weighted by Gasteiger charge is -2.34. The van der Waals surface area contributed by atoms with Crippen molar-refractivity contribution in [1.82, 2.24) is 4.90 Å². The van der Waals surface area contributed by atoms with Crippen molar-refractivity contribution in [2.24, 2.45) is 0 Å². The minimum Gasteiger partial charge on any atom is -0.369 e. The number of hydrogen-bond donors (Lipinski definition) is 1. The van der Waals surface area contributed by atoms with Gasteiger partial charge >= 0.3 is 0 Å². The molecule has 8 nitrogen and oxygen atoms in total. The van der Waals surface area contributed by atoms with E-state index in [9.17, 15) is 16.8 Å². The summed E-state index contributed by atoms with van der Waals surface area (Å²) in [7, 11) is -5.19. The Bertz CT molecular complexity index is 1170. The zero-order valence-electron chi connectivity index (χ0n) is 18.5. The Hall–Kier alpha value is -2.30. The summed E-state index contributed by atoms with van der Waals surface area (Å²) in [6.07, 6.45) is 1.38. The normalized spacial score (nSPS) is 19.7. The van der Waals surface area contributed by atoms with Gasteiger partial charge in [-0.05, 0) is 68.8 Å². The first kappa shape index (κ1) is 22.9. The quantitative estimate of drug-likeness (QED) is 0.710. The molecule has 32 heavy (non-hydrogen) atoms. The van der Waals surface area contributed by atoms with E-state index in [4.69, 9.17) is 0 Å². The van der Waals surface area contributed by atoms with Crippen LogP contribution < -0.4 is 13.9 Å². The molecule has 4 rings (SSSR count). The summed E-state index contributed by atoms with van der Waals surface area (Å²) < 4.78 is 55.2. The van der Waals surface area contributed by atoms with Gasteiger partial charge in [0, 0.05) is 44.1 Å². The van der Waals surface area contributed by atoms with Gasteiger partial charge in [0.15, 0.2) is 0 Å². The van der Waals surface area contributed by atoms with Crippen LogP contribution in [0.25, 0.3) is 0 Å². The zero-order chi connectivity index (χ0) is 22.9. The molecule has 0 bridgehead atoms. The molecule has 2 aromatic carbocycles. The standard InChI is InChI=1S/C22H30N4O4S2/c1-18-5-8-21(26-11-3-4-16-31(26,27)28)17-22(18)32(29,30)23-19-6-9-20(10-7-19)25-14-12-24(2)13-15-25/h5-10,17,23H,3-4,11-16H2,1-2H3. The van der Waals surface area contributed by atoms with E-state index in [1.54, 1.807) is 31.2 Å². The van der Waals surface area contributed by atoms with Crippen LogP contribution in [0.15, 0.2) is 47.4 Å². The predicted molar refractivity (Wildman–Crippen MR) is 129 cm³/mol. The van der Waals surface area contributed by atoms with Gasteiger partial charge in [0.25, 0.3) is 10.0 Å². The Morgan fingerprint density at radius 3 is 2.19 bits per heavy atom. The van der Waals surface area contributed by atoms with Crippen molar-refractivity contribution in [2.75, 3.05) is 59.5 Å². The van der Waals surface area contributed by atoms with Crippen LogP contribution in [0.1, 0.15) is 18.4 Å². The Morgan fingerprint density at radius 1 is 0.875 bits per heavy atom.